The first kappa shape index (κ1) is 10.2. The number of aliphatic hydroxyl groups is 1. The Kier molecular flexibility index (Phi) is 1.96. The summed E-state index contributed by atoms with van der Waals surface area (Å²) in [6.45, 7) is -3.18. The van der Waals surface area contributed by atoms with Gasteiger partial charge in [-0.3, -0.25) is 9.69 Å². The molecule has 1 saturated heterocycles. The third-order valence-corrected chi connectivity index (χ3v) is 6.37. The van der Waals surface area contributed by atoms with Gasteiger partial charge >= 0.3 is 0 Å². The summed E-state index contributed by atoms with van der Waals surface area (Å²) in [4.78, 5) is 14.1. The fourth-order valence-electron chi connectivity index (χ4n) is 5.57. The van der Waals surface area contributed by atoms with Crippen molar-refractivity contribution in [2.75, 3.05) is 13.0 Å². The van der Waals surface area contributed by atoms with Gasteiger partial charge in [-0.25, -0.2) is 0 Å². The Morgan fingerprint density at radius 3 is 3.33 bits per heavy atom. The summed E-state index contributed by atoms with van der Waals surface area (Å²) >= 11 is 0. The highest BCUT2D eigenvalue weighted by atomic mass is 16.5. The molecule has 2 aliphatic heterocycles. The molecule has 2 N–H and O–H groups in total. The number of rotatable bonds is 2. The molecule has 5 rings (SSSR count). The van der Waals surface area contributed by atoms with Crippen LogP contribution in [-0.2, 0) is 10.2 Å². The first-order valence-corrected chi connectivity index (χ1v) is 8.27. The van der Waals surface area contributed by atoms with Crippen molar-refractivity contribution in [2.24, 2.45) is 5.92 Å². The van der Waals surface area contributed by atoms with Gasteiger partial charge in [-0.2, -0.15) is 0 Å². The third kappa shape index (κ3) is 1.46. The molecule has 5 atom stereocenters. The maximum Gasteiger partial charge on any atom is 0.174 e. The Balaban J connectivity index is 1.73. The molecule has 126 valence electrons. The lowest BCUT2D eigenvalue weighted by atomic mass is 9.51. The summed E-state index contributed by atoms with van der Waals surface area (Å²) in [6, 6.07) is 1.50. The van der Waals surface area contributed by atoms with E-state index in [0.29, 0.717) is 24.0 Å². The van der Waals surface area contributed by atoms with E-state index < -0.39 is 42.7 Å². The molecule has 0 amide bonds. The molecule has 5 heteroatoms. The van der Waals surface area contributed by atoms with Crippen LogP contribution in [0.15, 0.2) is 24.7 Å². The van der Waals surface area contributed by atoms with E-state index in [9.17, 15) is 15.0 Å². The number of phenols is 1. The normalized spacial score (nSPS) is 42.7. The molecule has 1 saturated carbocycles. The average molecular weight is 332 g/mol. The molecule has 2 aliphatic carbocycles. The molecular weight excluding hydrogens is 306 g/mol. The van der Waals surface area contributed by atoms with Crippen LogP contribution in [0, 0.1) is 5.92 Å². The summed E-state index contributed by atoms with van der Waals surface area (Å²) in [5.41, 5.74) is 0.420. The molecule has 1 aromatic carbocycles. The van der Waals surface area contributed by atoms with E-state index in [-0.39, 0.29) is 36.2 Å². The van der Waals surface area contributed by atoms with Crippen molar-refractivity contribution in [3.8, 4) is 11.5 Å². The Morgan fingerprint density at radius 2 is 2.50 bits per heavy atom. The van der Waals surface area contributed by atoms with Crippen LogP contribution in [0.1, 0.15) is 43.3 Å². The smallest absolute Gasteiger partial charge is 0.174 e. The van der Waals surface area contributed by atoms with Gasteiger partial charge in [-0.15, -0.1) is 6.53 Å². The van der Waals surface area contributed by atoms with Gasteiger partial charge in [0, 0.05) is 32.7 Å². The number of aromatic hydroxyl groups is 1. The lowest BCUT2D eigenvalue weighted by Crippen LogP contribution is -2.67. The number of ether oxygens (including phenoxy) is 1. The molecule has 24 heavy (non-hydrogen) atoms. The largest absolute Gasteiger partial charge is 0.504 e. The van der Waals surface area contributed by atoms with Gasteiger partial charge in [-0.05, 0) is 36.9 Å². The quantitative estimate of drug-likeness (QED) is 0.807. The molecule has 2 bridgehead atoms. The van der Waals surface area contributed by atoms with Gasteiger partial charge in [-0.1, -0.05) is 12.1 Å². The van der Waals surface area contributed by atoms with E-state index in [1.807, 2.05) is 0 Å². The number of benzene rings is 1. The van der Waals surface area contributed by atoms with Crippen molar-refractivity contribution in [3.63, 3.8) is 0 Å². The second kappa shape index (κ2) is 4.61. The van der Waals surface area contributed by atoms with Crippen LogP contribution in [0.2, 0.25) is 0 Å². The first-order valence-electron chi connectivity index (χ1n) is 10.8. The van der Waals surface area contributed by atoms with E-state index in [1.54, 1.807) is 6.07 Å². The highest BCUT2D eigenvalue weighted by Crippen LogP contribution is 2.65. The van der Waals surface area contributed by atoms with Crippen LogP contribution >= 0.6 is 0 Å². The van der Waals surface area contributed by atoms with Crippen molar-refractivity contribution >= 4 is 5.78 Å². The third-order valence-electron chi connectivity index (χ3n) is 6.37. The number of nitrogens with zero attached hydrogens (tertiary/aromatic N) is 1. The highest BCUT2D eigenvalue weighted by Gasteiger charge is 2.67. The molecule has 1 unspecified atom stereocenters. The zero-order valence-corrected chi connectivity index (χ0v) is 13.0. The Bertz CT molecular complexity index is 962. The number of hydrogen-bond acceptors (Lipinski definition) is 5. The number of phenolic OH excluding ortho intramolecular Hbond substituents is 1. The van der Waals surface area contributed by atoms with Crippen molar-refractivity contribution in [1.29, 1.82) is 0 Å². The highest BCUT2D eigenvalue weighted by molar-refractivity contribution is 5.89. The van der Waals surface area contributed by atoms with Crippen molar-refractivity contribution in [2.45, 2.75) is 42.9 Å². The zero-order chi connectivity index (χ0) is 20.9. The van der Waals surface area contributed by atoms with Crippen LogP contribution in [0.25, 0.3) is 0 Å². The standard InChI is InChI=1S/C19H21NO4/c1-2-8-20-9-7-19-11-4-6-13(22)18(19)24-17-12(21)5-3-10(14(17)19)16(23)15(11)20/h2-3,5,11,15-16,18,21,23H,1,4,6-9H2/t11-,15-,16?,18-,19-/m0/s1/i1D2,2D,8D2. The number of likely N-dealkylation sites (tertiary alicyclic amines) is 1. The zero-order valence-electron chi connectivity index (χ0n) is 18.0. The monoisotopic (exact) mass is 332 g/mol. The minimum Gasteiger partial charge on any atom is -0.504 e. The lowest BCUT2D eigenvalue weighted by molar-refractivity contribution is -0.144. The fraction of sp³-hybridized carbons (Fsp3) is 0.526. The molecular formula is C19H21NO4. The molecule has 2 heterocycles. The number of piperidine rings is 1. The number of hydrogen-bond donors (Lipinski definition) is 2. The summed E-state index contributed by atoms with van der Waals surface area (Å²) in [5.74, 6) is -0.211. The van der Waals surface area contributed by atoms with Crippen molar-refractivity contribution < 1.29 is 26.6 Å². The van der Waals surface area contributed by atoms with Gasteiger partial charge in [0.15, 0.2) is 23.4 Å². The lowest BCUT2D eigenvalue weighted by Gasteiger charge is -2.58. The van der Waals surface area contributed by atoms with Gasteiger partial charge in [0.1, 0.15) is 0 Å². The number of Topliss-reactive ketones (excluding diaryl/α,β-unsaturated/α-hetero) is 1. The second-order valence-electron chi connectivity index (χ2n) is 7.14. The second-order valence-corrected chi connectivity index (χ2v) is 7.14. The van der Waals surface area contributed by atoms with Gasteiger partial charge in [0.2, 0.25) is 0 Å². The van der Waals surface area contributed by atoms with E-state index in [2.05, 4.69) is 0 Å². The summed E-state index contributed by atoms with van der Waals surface area (Å²) in [6.07, 6.45) is -0.861. The van der Waals surface area contributed by atoms with Gasteiger partial charge < -0.3 is 14.9 Å². The molecule has 1 spiro atoms. The van der Waals surface area contributed by atoms with Crippen LogP contribution in [0.5, 0.6) is 11.5 Å². The molecule has 0 aromatic heterocycles. The molecule has 5 nitrogen and oxygen atoms in total. The van der Waals surface area contributed by atoms with E-state index in [1.165, 1.54) is 11.0 Å². The molecule has 1 aromatic rings. The minimum absolute atomic E-state index is 0.0601. The van der Waals surface area contributed by atoms with Crippen molar-refractivity contribution in [1.82, 2.24) is 4.90 Å². The molecule has 4 aliphatic rings. The number of carbonyl (C=O) groups excluding carboxylic acids is 1. The number of aliphatic hydroxyl groups excluding tert-OH is 1. The van der Waals surface area contributed by atoms with E-state index >= 15 is 0 Å². The predicted octanol–water partition coefficient (Wildman–Crippen LogP) is 1.68. The maximum absolute atomic E-state index is 12.7. The fourth-order valence-corrected chi connectivity index (χ4v) is 5.57. The van der Waals surface area contributed by atoms with Crippen LogP contribution in [0.4, 0.5) is 0 Å². The first-order chi connectivity index (χ1) is 13.6. The van der Waals surface area contributed by atoms with Crippen molar-refractivity contribution in [3.05, 3.63) is 35.8 Å². The predicted molar refractivity (Wildman–Crippen MR) is 87.1 cm³/mol. The maximum atomic E-state index is 12.7. The Labute approximate surface area is 147 Å². The van der Waals surface area contributed by atoms with Gasteiger partial charge in [0.05, 0.1) is 10.2 Å². The van der Waals surface area contributed by atoms with E-state index in [0.717, 1.165) is 0 Å². The number of ketones is 1. The number of carbonyl (C=O) groups is 1. The summed E-state index contributed by atoms with van der Waals surface area (Å²) in [7, 11) is 0. The van der Waals surface area contributed by atoms with E-state index in [4.69, 9.17) is 11.6 Å². The van der Waals surface area contributed by atoms with Crippen LogP contribution in [0.3, 0.4) is 0 Å². The Morgan fingerprint density at radius 1 is 1.62 bits per heavy atom. The van der Waals surface area contributed by atoms with Crippen LogP contribution in [-0.4, -0.2) is 46.1 Å². The topological polar surface area (TPSA) is 70.0 Å². The SMILES string of the molecule is [2H]C([2H])=C([2H])C([2H])([2H])N1CC[C@]23c4c5ccc(O)c4O[C@H]2C(=O)CC[C@H]3[C@H]1C5O. The summed E-state index contributed by atoms with van der Waals surface area (Å²) < 4.78 is 45.6. The molecule has 2 fully saturated rings. The van der Waals surface area contributed by atoms with Crippen LogP contribution < -0.4 is 4.74 Å². The van der Waals surface area contributed by atoms with Gasteiger partial charge in [0.25, 0.3) is 0 Å². The average Bonchev–Trinajstić information content (AvgIpc) is 3.02. The Hall–Kier alpha value is -1.85. The minimum atomic E-state index is -2.40. The molecule has 0 radical (unpaired) electrons. The summed E-state index contributed by atoms with van der Waals surface area (Å²) in [5, 5.41) is 21.6.